The van der Waals surface area contributed by atoms with Crippen molar-refractivity contribution in [3.05, 3.63) is 103 Å². The number of hydrogen-bond donors (Lipinski definition) is 6. The SMILES string of the molecule is O=C(CCSCCNC(=S)Nc1ccc([N+](=O)[O-])cc1)N1CN(C(=O)CCSCCNC(=S)Nc2ccc([N+](=O)[O-])cc2)CN(C(=O)CCSCCNC(=S)Nc2ccc([N+](=O)[O-])cc2)C1. The maximum Gasteiger partial charge on any atom is 0.269 e. The highest BCUT2D eigenvalue weighted by Gasteiger charge is 2.31. The van der Waals surface area contributed by atoms with E-state index in [0.717, 1.165) is 0 Å². The van der Waals surface area contributed by atoms with Gasteiger partial charge in [0.05, 0.1) is 34.8 Å². The monoisotopic (exact) mass is 1020 g/mol. The predicted molar refractivity (Wildman–Crippen MR) is 273 cm³/mol. The molecule has 1 fully saturated rings. The second-order valence-electron chi connectivity index (χ2n) is 13.9. The standard InChI is InChI=1S/C39H48N12O9S6/c52-34(13-19-64-22-16-40-37(61)43-28-1-7-31(8-2-28)49(55)56)46-25-47(35(53)14-20-65-23-17-41-38(62)44-29-3-9-32(10-4-29)50(57)58)27-48(26-46)36(54)15-21-66-24-18-42-39(63)45-30-5-11-33(12-6-30)51(59)60/h1-12H,13-27H2,(H2,40,43,61)(H2,41,44,62)(H2,42,45,63). The first-order valence-electron chi connectivity index (χ1n) is 20.1. The minimum absolute atomic E-state index is 0.0267. The van der Waals surface area contributed by atoms with Crippen molar-refractivity contribution in [1.82, 2.24) is 30.7 Å². The van der Waals surface area contributed by atoms with Gasteiger partial charge in [-0.1, -0.05) is 0 Å². The van der Waals surface area contributed by atoms with E-state index in [1.54, 1.807) is 36.4 Å². The number of carbonyl (C=O) groups is 3. The summed E-state index contributed by atoms with van der Waals surface area (Å²) in [7, 11) is 0. The third-order valence-corrected chi connectivity index (χ3v) is 12.8. The molecule has 3 aromatic rings. The van der Waals surface area contributed by atoms with Gasteiger partial charge in [-0.05, 0) is 73.1 Å². The number of amides is 3. The lowest BCUT2D eigenvalue weighted by atomic mass is 10.3. The average Bonchev–Trinajstić information content (AvgIpc) is 3.29. The number of benzene rings is 3. The number of nitrogens with zero attached hydrogens (tertiary/aromatic N) is 6. The number of anilines is 3. The molecule has 0 unspecified atom stereocenters. The third-order valence-electron chi connectivity index (χ3n) is 9.07. The first-order valence-corrected chi connectivity index (χ1v) is 24.8. The topological polar surface area (TPSA) is 263 Å². The van der Waals surface area contributed by atoms with Crippen LogP contribution in [-0.4, -0.2) is 137 Å². The molecule has 0 bridgehead atoms. The van der Waals surface area contributed by atoms with Crippen molar-refractivity contribution in [3.8, 4) is 0 Å². The van der Waals surface area contributed by atoms with E-state index in [9.17, 15) is 44.7 Å². The minimum atomic E-state index is -0.481. The van der Waals surface area contributed by atoms with E-state index in [1.165, 1.54) is 86.4 Å². The number of carbonyl (C=O) groups excluding carboxylic acids is 3. The van der Waals surface area contributed by atoms with Crippen molar-refractivity contribution in [2.45, 2.75) is 19.3 Å². The Kier molecular flexibility index (Phi) is 22.8. The van der Waals surface area contributed by atoms with E-state index < -0.39 is 14.8 Å². The van der Waals surface area contributed by atoms with Crippen LogP contribution in [0.25, 0.3) is 0 Å². The van der Waals surface area contributed by atoms with E-state index in [0.29, 0.717) is 86.6 Å². The molecule has 0 radical (unpaired) electrons. The normalized spacial score (nSPS) is 12.1. The second kappa shape index (κ2) is 28.4. The Labute approximate surface area is 409 Å². The number of nitrogens with one attached hydrogen (secondary N) is 6. The molecule has 0 atom stereocenters. The summed E-state index contributed by atoms with van der Waals surface area (Å²) in [4.78, 5) is 76.2. The van der Waals surface area contributed by atoms with Gasteiger partial charge in [-0.2, -0.15) is 35.3 Å². The van der Waals surface area contributed by atoms with Crippen LogP contribution >= 0.6 is 71.9 Å². The molecular formula is C39H48N12O9S6. The molecule has 0 spiro atoms. The van der Waals surface area contributed by atoms with Crippen molar-refractivity contribution < 1.29 is 29.2 Å². The van der Waals surface area contributed by atoms with Crippen LogP contribution in [0.2, 0.25) is 0 Å². The Balaban J connectivity index is 1.19. The first kappa shape index (κ1) is 53.0. The van der Waals surface area contributed by atoms with Crippen molar-refractivity contribution in [1.29, 1.82) is 0 Å². The Hall–Kier alpha value is -5.61. The number of hydrogen-bond acceptors (Lipinski definition) is 15. The highest BCUT2D eigenvalue weighted by Crippen LogP contribution is 2.19. The molecule has 1 aliphatic heterocycles. The number of rotatable bonds is 24. The molecule has 0 aliphatic carbocycles. The molecule has 1 heterocycles. The molecule has 0 aromatic heterocycles. The number of thioether (sulfide) groups is 3. The number of thiocarbonyl (C=S) groups is 3. The first-order chi connectivity index (χ1) is 31.7. The summed E-state index contributed by atoms with van der Waals surface area (Å²) in [6, 6.07) is 17.6. The molecule has 0 saturated carbocycles. The van der Waals surface area contributed by atoms with Crippen molar-refractivity contribution in [3.63, 3.8) is 0 Å². The number of nitro groups is 3. The zero-order chi connectivity index (χ0) is 47.8. The molecule has 6 N–H and O–H groups in total. The lowest BCUT2D eigenvalue weighted by Gasteiger charge is -2.42. The summed E-state index contributed by atoms with van der Waals surface area (Å²) in [6.45, 7) is 1.68. The van der Waals surface area contributed by atoms with Crippen LogP contribution in [0, 0.1) is 30.3 Å². The van der Waals surface area contributed by atoms with Crippen LogP contribution in [-0.2, 0) is 14.4 Å². The van der Waals surface area contributed by atoms with E-state index in [-0.39, 0.29) is 74.1 Å². The van der Waals surface area contributed by atoms with Gasteiger partial charge in [-0.25, -0.2) is 0 Å². The quantitative estimate of drug-likeness (QED) is 0.0283. The van der Waals surface area contributed by atoms with Crippen LogP contribution in [0.5, 0.6) is 0 Å². The predicted octanol–water partition coefficient (Wildman–Crippen LogP) is 5.41. The summed E-state index contributed by atoms with van der Waals surface area (Å²) in [5.74, 6) is 2.80. The average molecular weight is 1020 g/mol. The molecule has 27 heteroatoms. The van der Waals surface area contributed by atoms with E-state index in [2.05, 4.69) is 31.9 Å². The maximum absolute atomic E-state index is 13.5. The van der Waals surface area contributed by atoms with Gasteiger partial charge < -0.3 is 46.6 Å². The highest BCUT2D eigenvalue weighted by atomic mass is 32.2. The third kappa shape index (κ3) is 19.5. The van der Waals surface area contributed by atoms with Gasteiger partial charge in [0, 0.05) is 127 Å². The van der Waals surface area contributed by atoms with Gasteiger partial charge >= 0.3 is 0 Å². The minimum Gasteiger partial charge on any atom is -0.362 e. The summed E-state index contributed by atoms with van der Waals surface area (Å²) >= 11 is 20.6. The smallest absolute Gasteiger partial charge is 0.269 e. The Bertz CT molecular complexity index is 1930. The van der Waals surface area contributed by atoms with E-state index in [1.807, 2.05) is 0 Å². The Morgan fingerprint density at radius 3 is 0.924 bits per heavy atom. The fourth-order valence-electron chi connectivity index (χ4n) is 5.72. The lowest BCUT2D eigenvalue weighted by molar-refractivity contribution is -0.385. The van der Waals surface area contributed by atoms with Crippen LogP contribution in [0.3, 0.4) is 0 Å². The Morgan fingerprint density at radius 1 is 0.455 bits per heavy atom. The van der Waals surface area contributed by atoms with Gasteiger partial charge in [-0.3, -0.25) is 44.7 Å². The largest absolute Gasteiger partial charge is 0.362 e. The van der Waals surface area contributed by atoms with Gasteiger partial charge in [0.15, 0.2) is 15.3 Å². The molecule has 21 nitrogen and oxygen atoms in total. The molecule has 66 heavy (non-hydrogen) atoms. The zero-order valence-corrected chi connectivity index (χ0v) is 40.2. The van der Waals surface area contributed by atoms with Crippen molar-refractivity contribution in [2.24, 2.45) is 0 Å². The van der Waals surface area contributed by atoms with Gasteiger partial charge in [0.25, 0.3) is 17.1 Å². The van der Waals surface area contributed by atoms with E-state index in [4.69, 9.17) is 36.7 Å². The Morgan fingerprint density at radius 2 is 0.697 bits per heavy atom. The van der Waals surface area contributed by atoms with Crippen LogP contribution < -0.4 is 31.9 Å². The van der Waals surface area contributed by atoms with Crippen molar-refractivity contribution in [2.75, 3.05) is 90.1 Å². The fraction of sp³-hybridized carbons (Fsp3) is 0.385. The summed E-state index contributed by atoms with van der Waals surface area (Å²) in [6.07, 6.45) is 0.565. The molecule has 354 valence electrons. The molecule has 1 aliphatic rings. The summed E-state index contributed by atoms with van der Waals surface area (Å²) in [5.41, 5.74) is 1.73. The van der Waals surface area contributed by atoms with Gasteiger partial charge in [0.1, 0.15) is 0 Å². The number of nitro benzene ring substituents is 3. The zero-order valence-electron chi connectivity index (χ0n) is 35.3. The molecule has 3 aromatic carbocycles. The van der Waals surface area contributed by atoms with Gasteiger partial charge in [-0.15, -0.1) is 0 Å². The fourth-order valence-corrected chi connectivity index (χ4v) is 8.69. The molecule has 4 rings (SSSR count). The van der Waals surface area contributed by atoms with E-state index >= 15 is 0 Å². The molecule has 3 amide bonds. The van der Waals surface area contributed by atoms with Crippen LogP contribution in [0.15, 0.2) is 72.8 Å². The van der Waals surface area contributed by atoms with Crippen LogP contribution in [0.1, 0.15) is 19.3 Å². The maximum atomic E-state index is 13.5. The summed E-state index contributed by atoms with van der Waals surface area (Å²) in [5, 5.41) is 51.8. The second-order valence-corrected chi connectivity index (χ2v) is 18.8. The lowest BCUT2D eigenvalue weighted by Crippen LogP contribution is -2.59. The summed E-state index contributed by atoms with van der Waals surface area (Å²) < 4.78 is 0. The highest BCUT2D eigenvalue weighted by molar-refractivity contribution is 7.99. The molecule has 1 saturated heterocycles. The number of non-ortho nitro benzene ring substituents is 3. The van der Waals surface area contributed by atoms with Crippen LogP contribution in [0.4, 0.5) is 34.1 Å². The molecular weight excluding hydrogens is 973 g/mol. The van der Waals surface area contributed by atoms with Crippen molar-refractivity contribution >= 4 is 139 Å². The van der Waals surface area contributed by atoms with Gasteiger partial charge in [0.2, 0.25) is 17.7 Å².